The van der Waals surface area contributed by atoms with Crippen molar-refractivity contribution >= 4 is 38.5 Å². The molecule has 4 N–H and O–H groups in total. The summed E-state index contributed by atoms with van der Waals surface area (Å²) >= 11 is 6.19. The zero-order chi connectivity index (χ0) is 27.5. The molecule has 2 fully saturated rings. The highest BCUT2D eigenvalue weighted by molar-refractivity contribution is 7.89. The van der Waals surface area contributed by atoms with Crippen molar-refractivity contribution < 1.29 is 18.6 Å². The Balaban J connectivity index is 1.41. The second kappa shape index (κ2) is 9.86. The average molecular weight is 572 g/mol. The second-order valence-corrected chi connectivity index (χ2v) is 12.6. The molecule has 0 radical (unpaired) electrons. The smallest absolute Gasteiger partial charge is 0.282 e. The van der Waals surface area contributed by atoms with Crippen LogP contribution in [0.4, 0.5) is 5.82 Å². The number of fused-ring (bicyclic) bond motifs is 1. The van der Waals surface area contributed by atoms with Crippen LogP contribution in [0.25, 0.3) is 22.3 Å². The minimum absolute atomic E-state index is 0.0528. The Labute approximate surface area is 230 Å². The topological polar surface area (TPSA) is 152 Å². The fourth-order valence-corrected chi connectivity index (χ4v) is 7.43. The first-order valence-corrected chi connectivity index (χ1v) is 14.7. The van der Waals surface area contributed by atoms with Crippen LogP contribution in [0, 0.1) is 11.8 Å². The molecule has 3 aromatic heterocycles. The number of aromatic nitrogens is 5. The van der Waals surface area contributed by atoms with Gasteiger partial charge in [0, 0.05) is 18.0 Å². The summed E-state index contributed by atoms with van der Waals surface area (Å²) in [6, 6.07) is 9.13. The second-order valence-electron chi connectivity index (χ2n) is 10.5. The van der Waals surface area contributed by atoms with Gasteiger partial charge in [0.15, 0.2) is 0 Å². The lowest BCUT2D eigenvalue weighted by atomic mass is 9.82. The van der Waals surface area contributed by atoms with Crippen LogP contribution in [-0.4, -0.2) is 79.6 Å². The molecule has 1 saturated carbocycles. The summed E-state index contributed by atoms with van der Waals surface area (Å²) in [6.07, 6.45) is 3.69. The molecule has 1 aliphatic carbocycles. The van der Waals surface area contributed by atoms with Gasteiger partial charge in [-0.1, -0.05) is 18.2 Å². The van der Waals surface area contributed by atoms with Crippen LogP contribution in [0.3, 0.4) is 0 Å². The number of benzene rings is 1. The SMILES string of the molecule is CN1CCC([C@H]2C[C@@H](n3cc(-c4ccn(S(=O)(=O)c5ccccc5)n4)c4c(N)nc(Cl)nc43)[C@H](O)[C@@H]2O)CC1. The number of likely N-dealkylation sites (tertiary alicyclic amines) is 1. The number of aliphatic hydroxyl groups excluding tert-OH is 2. The summed E-state index contributed by atoms with van der Waals surface area (Å²) in [5.41, 5.74) is 7.53. The number of hydrogen-bond donors (Lipinski definition) is 3. The van der Waals surface area contributed by atoms with Crippen molar-refractivity contribution in [3.05, 3.63) is 54.1 Å². The third kappa shape index (κ3) is 4.49. The van der Waals surface area contributed by atoms with Crippen molar-refractivity contribution in [2.75, 3.05) is 25.9 Å². The Bertz CT molecular complexity index is 1620. The molecule has 1 aromatic carbocycles. The Morgan fingerprint density at radius 3 is 2.49 bits per heavy atom. The van der Waals surface area contributed by atoms with Crippen LogP contribution in [0.5, 0.6) is 0 Å². The third-order valence-electron chi connectivity index (χ3n) is 8.22. The fraction of sp³-hybridized carbons (Fsp3) is 0.423. The number of hydrogen-bond acceptors (Lipinski definition) is 9. The first-order valence-electron chi connectivity index (χ1n) is 12.9. The normalized spacial score (nSPS) is 25.0. The molecular formula is C26H30ClN7O4S. The summed E-state index contributed by atoms with van der Waals surface area (Å²) in [5, 5.41) is 27.0. The molecule has 13 heteroatoms. The third-order valence-corrected chi connectivity index (χ3v) is 9.96. The van der Waals surface area contributed by atoms with Crippen LogP contribution < -0.4 is 5.73 Å². The molecule has 0 bridgehead atoms. The molecule has 39 heavy (non-hydrogen) atoms. The molecule has 206 valence electrons. The number of nitrogens with zero attached hydrogens (tertiary/aromatic N) is 6. The highest BCUT2D eigenvalue weighted by Crippen LogP contribution is 2.45. The van der Waals surface area contributed by atoms with Gasteiger partial charge in [-0.3, -0.25) is 0 Å². The van der Waals surface area contributed by atoms with Gasteiger partial charge in [0.1, 0.15) is 17.6 Å². The van der Waals surface area contributed by atoms with Crippen LogP contribution in [0.2, 0.25) is 5.28 Å². The molecule has 0 spiro atoms. The molecule has 4 heterocycles. The number of aliphatic hydroxyl groups is 2. The van der Waals surface area contributed by atoms with Crippen molar-refractivity contribution in [2.24, 2.45) is 11.8 Å². The maximum Gasteiger partial charge on any atom is 0.282 e. The lowest BCUT2D eigenvalue weighted by molar-refractivity contribution is -0.0112. The number of anilines is 1. The number of halogens is 1. The molecule has 11 nitrogen and oxygen atoms in total. The van der Waals surface area contributed by atoms with Crippen LogP contribution in [0.15, 0.2) is 53.7 Å². The number of nitrogen functional groups attached to an aromatic ring is 1. The fourth-order valence-electron chi connectivity index (χ4n) is 6.13. The van der Waals surface area contributed by atoms with E-state index in [-0.39, 0.29) is 21.9 Å². The van der Waals surface area contributed by atoms with E-state index in [1.807, 2.05) is 0 Å². The molecular weight excluding hydrogens is 542 g/mol. The number of rotatable bonds is 5. The standard InChI is InChI=1S/C26H30ClN7O4S/c1-32-10-7-15(8-11-32)17-13-20(23(36)22(17)35)33-14-18(21-24(28)29-26(27)30-25(21)33)19-9-12-34(31-19)39(37,38)16-5-3-2-4-6-16/h2-6,9,12,14-15,17,20,22-23,35-36H,7-8,10-11,13H2,1H3,(H2,28,29,30)/t17-,20-,22-,23+/m1/s1. The Kier molecular flexibility index (Phi) is 6.63. The predicted molar refractivity (Wildman–Crippen MR) is 147 cm³/mol. The largest absolute Gasteiger partial charge is 0.390 e. The van der Waals surface area contributed by atoms with E-state index in [4.69, 9.17) is 17.3 Å². The van der Waals surface area contributed by atoms with E-state index in [0.29, 0.717) is 34.6 Å². The van der Waals surface area contributed by atoms with E-state index in [2.05, 4.69) is 27.0 Å². The summed E-state index contributed by atoms with van der Waals surface area (Å²) in [6.45, 7) is 1.92. The van der Waals surface area contributed by atoms with Gasteiger partial charge >= 0.3 is 0 Å². The van der Waals surface area contributed by atoms with Gasteiger partial charge in [-0.2, -0.15) is 22.6 Å². The van der Waals surface area contributed by atoms with E-state index < -0.39 is 28.3 Å². The Morgan fingerprint density at radius 1 is 1.05 bits per heavy atom. The molecule has 1 saturated heterocycles. The molecule has 4 aromatic rings. The van der Waals surface area contributed by atoms with Crippen molar-refractivity contribution in [3.8, 4) is 11.3 Å². The monoisotopic (exact) mass is 571 g/mol. The van der Waals surface area contributed by atoms with Gasteiger partial charge in [0.05, 0.1) is 28.1 Å². The molecule has 0 unspecified atom stereocenters. The predicted octanol–water partition coefficient (Wildman–Crippen LogP) is 2.39. The summed E-state index contributed by atoms with van der Waals surface area (Å²) < 4.78 is 28.9. The van der Waals surface area contributed by atoms with E-state index in [1.54, 1.807) is 35.0 Å². The summed E-state index contributed by atoms with van der Waals surface area (Å²) in [7, 11) is -1.82. The lowest BCUT2D eigenvalue weighted by Crippen LogP contribution is -2.37. The van der Waals surface area contributed by atoms with Gasteiger partial charge in [-0.15, -0.1) is 0 Å². The molecule has 1 aliphatic heterocycles. The lowest BCUT2D eigenvalue weighted by Gasteiger charge is -2.34. The molecule has 4 atom stereocenters. The van der Waals surface area contributed by atoms with Gasteiger partial charge in [0.2, 0.25) is 5.28 Å². The molecule has 2 aliphatic rings. The minimum atomic E-state index is -3.91. The van der Waals surface area contributed by atoms with Crippen molar-refractivity contribution in [2.45, 2.75) is 42.4 Å². The minimum Gasteiger partial charge on any atom is -0.390 e. The number of nitrogens with two attached hydrogens (primary N) is 1. The highest BCUT2D eigenvalue weighted by atomic mass is 35.5. The average Bonchev–Trinajstić information content (AvgIpc) is 3.62. The van der Waals surface area contributed by atoms with Crippen molar-refractivity contribution in [1.29, 1.82) is 0 Å². The van der Waals surface area contributed by atoms with Gasteiger partial charge in [0.25, 0.3) is 10.0 Å². The maximum atomic E-state index is 13.1. The van der Waals surface area contributed by atoms with Gasteiger partial charge in [-0.25, -0.2) is 4.98 Å². The van der Waals surface area contributed by atoms with E-state index >= 15 is 0 Å². The molecule has 0 amide bonds. The maximum absolute atomic E-state index is 13.1. The first-order chi connectivity index (χ1) is 18.6. The Hall–Kier alpha value is -3.03. The van der Waals surface area contributed by atoms with E-state index in [0.717, 1.165) is 30.0 Å². The Morgan fingerprint density at radius 2 is 1.77 bits per heavy atom. The van der Waals surface area contributed by atoms with E-state index in [9.17, 15) is 18.6 Å². The van der Waals surface area contributed by atoms with Gasteiger partial charge in [-0.05, 0) is 81.0 Å². The zero-order valence-electron chi connectivity index (χ0n) is 21.3. The number of piperidine rings is 1. The molecule has 6 rings (SSSR count). The highest BCUT2D eigenvalue weighted by Gasteiger charge is 2.46. The van der Waals surface area contributed by atoms with E-state index in [1.165, 1.54) is 18.3 Å². The van der Waals surface area contributed by atoms with Crippen LogP contribution in [-0.2, 0) is 10.0 Å². The summed E-state index contributed by atoms with van der Waals surface area (Å²) in [4.78, 5) is 10.9. The van der Waals surface area contributed by atoms with Crippen LogP contribution >= 0.6 is 11.6 Å². The van der Waals surface area contributed by atoms with Crippen molar-refractivity contribution in [1.82, 2.24) is 28.6 Å². The van der Waals surface area contributed by atoms with Crippen LogP contribution in [0.1, 0.15) is 25.3 Å². The summed E-state index contributed by atoms with van der Waals surface area (Å²) in [5.74, 6) is 0.350. The van der Waals surface area contributed by atoms with Gasteiger partial charge < -0.3 is 25.4 Å². The zero-order valence-corrected chi connectivity index (χ0v) is 22.9. The van der Waals surface area contributed by atoms with Crippen molar-refractivity contribution in [3.63, 3.8) is 0 Å². The first kappa shape index (κ1) is 26.2. The quantitative estimate of drug-likeness (QED) is 0.306.